The molecule has 1 fully saturated rings. The number of methoxy groups -OCH3 is 1. The Kier molecular flexibility index (Phi) is 5.56. The number of likely N-dealkylation sites (tertiary alicyclic amines) is 1. The monoisotopic (exact) mass is 291 g/mol. The van der Waals surface area contributed by atoms with E-state index in [1.807, 2.05) is 30.9 Å². The third-order valence-electron chi connectivity index (χ3n) is 3.84. The molecule has 1 amide bonds. The van der Waals surface area contributed by atoms with Crippen molar-refractivity contribution >= 4 is 11.7 Å². The average molecular weight is 291 g/mol. The van der Waals surface area contributed by atoms with Crippen molar-refractivity contribution in [3.8, 4) is 0 Å². The summed E-state index contributed by atoms with van der Waals surface area (Å²) in [6, 6.07) is 3.75. The smallest absolute Gasteiger partial charge is 0.254 e. The average Bonchev–Trinajstić information content (AvgIpc) is 2.54. The molecule has 1 aromatic rings. The summed E-state index contributed by atoms with van der Waals surface area (Å²) in [6.07, 6.45) is 3.00. The molecule has 1 unspecified atom stereocenters. The maximum Gasteiger partial charge on any atom is 0.254 e. The van der Waals surface area contributed by atoms with Gasteiger partial charge < -0.3 is 15.0 Å². The topological polar surface area (TPSA) is 54.5 Å². The van der Waals surface area contributed by atoms with E-state index in [1.54, 1.807) is 7.11 Å². The molecule has 0 bridgehead atoms. The first-order valence-electron chi connectivity index (χ1n) is 7.74. The van der Waals surface area contributed by atoms with E-state index >= 15 is 0 Å². The summed E-state index contributed by atoms with van der Waals surface area (Å²) in [4.78, 5) is 19.1. The van der Waals surface area contributed by atoms with Crippen molar-refractivity contribution < 1.29 is 9.53 Å². The van der Waals surface area contributed by atoms with E-state index < -0.39 is 0 Å². The number of pyridine rings is 1. The molecule has 1 saturated heterocycles. The Labute approximate surface area is 126 Å². The van der Waals surface area contributed by atoms with E-state index in [9.17, 15) is 4.79 Å². The van der Waals surface area contributed by atoms with Crippen molar-refractivity contribution in [1.29, 1.82) is 0 Å². The second kappa shape index (κ2) is 7.41. The van der Waals surface area contributed by atoms with Crippen molar-refractivity contribution in [1.82, 2.24) is 9.88 Å². The number of aromatic nitrogens is 1. The summed E-state index contributed by atoms with van der Waals surface area (Å²) in [6.45, 7) is 6.35. The van der Waals surface area contributed by atoms with E-state index in [1.165, 1.54) is 0 Å². The second-order valence-corrected chi connectivity index (χ2v) is 5.37. The summed E-state index contributed by atoms with van der Waals surface area (Å²) >= 11 is 0. The van der Waals surface area contributed by atoms with Crippen LogP contribution in [0.3, 0.4) is 0 Å². The van der Waals surface area contributed by atoms with Gasteiger partial charge in [0.05, 0.1) is 6.10 Å². The van der Waals surface area contributed by atoms with Gasteiger partial charge in [-0.2, -0.15) is 0 Å². The van der Waals surface area contributed by atoms with Gasteiger partial charge in [-0.15, -0.1) is 0 Å². The molecule has 116 valence electrons. The van der Waals surface area contributed by atoms with Crippen molar-refractivity contribution in [2.24, 2.45) is 0 Å². The van der Waals surface area contributed by atoms with Crippen molar-refractivity contribution in [2.45, 2.75) is 39.2 Å². The van der Waals surface area contributed by atoms with E-state index in [4.69, 9.17) is 4.74 Å². The molecule has 5 nitrogen and oxygen atoms in total. The first-order chi connectivity index (χ1) is 10.2. The van der Waals surface area contributed by atoms with E-state index in [-0.39, 0.29) is 12.0 Å². The van der Waals surface area contributed by atoms with E-state index in [2.05, 4.69) is 10.3 Å². The zero-order chi connectivity index (χ0) is 15.2. The number of hydrogen-bond donors (Lipinski definition) is 1. The summed E-state index contributed by atoms with van der Waals surface area (Å²) < 4.78 is 5.40. The van der Waals surface area contributed by atoms with Crippen LogP contribution in [0.5, 0.6) is 0 Å². The highest BCUT2D eigenvalue weighted by molar-refractivity contribution is 5.95. The molecular weight excluding hydrogens is 266 g/mol. The molecule has 0 aromatic carbocycles. The molecule has 0 saturated carbocycles. The number of hydrogen-bond acceptors (Lipinski definition) is 4. The highest BCUT2D eigenvalue weighted by Crippen LogP contribution is 2.18. The molecule has 2 rings (SSSR count). The van der Waals surface area contributed by atoms with Gasteiger partial charge >= 0.3 is 0 Å². The Morgan fingerprint density at radius 3 is 2.95 bits per heavy atom. The quantitative estimate of drug-likeness (QED) is 0.904. The number of piperidine rings is 1. The molecule has 1 aromatic heterocycles. The van der Waals surface area contributed by atoms with Gasteiger partial charge in [-0.3, -0.25) is 4.79 Å². The predicted octanol–water partition coefficient (Wildman–Crippen LogP) is 2.33. The third-order valence-corrected chi connectivity index (χ3v) is 3.84. The van der Waals surface area contributed by atoms with Crippen LogP contribution in [-0.4, -0.2) is 48.6 Å². The minimum atomic E-state index is 0.0769. The number of nitrogens with one attached hydrogen (secondary N) is 1. The number of rotatable bonds is 5. The van der Waals surface area contributed by atoms with Gasteiger partial charge in [0.1, 0.15) is 5.82 Å². The summed E-state index contributed by atoms with van der Waals surface area (Å²) in [5.41, 5.74) is 1.66. The number of aryl methyl sites for hydroxylation is 1. The van der Waals surface area contributed by atoms with Crippen LogP contribution in [0.15, 0.2) is 12.1 Å². The first kappa shape index (κ1) is 15.8. The molecule has 0 spiro atoms. The van der Waals surface area contributed by atoms with Gasteiger partial charge in [0, 0.05) is 38.0 Å². The lowest BCUT2D eigenvalue weighted by Gasteiger charge is -2.32. The Hall–Kier alpha value is -1.62. The van der Waals surface area contributed by atoms with Gasteiger partial charge in [0.25, 0.3) is 5.91 Å². The van der Waals surface area contributed by atoms with Crippen LogP contribution < -0.4 is 5.32 Å². The van der Waals surface area contributed by atoms with Crippen LogP contribution in [0.25, 0.3) is 0 Å². The highest BCUT2D eigenvalue weighted by atomic mass is 16.5. The lowest BCUT2D eigenvalue weighted by Crippen LogP contribution is -2.42. The molecule has 1 N–H and O–H groups in total. The Morgan fingerprint density at radius 1 is 1.48 bits per heavy atom. The summed E-state index contributed by atoms with van der Waals surface area (Å²) in [7, 11) is 1.71. The van der Waals surface area contributed by atoms with Crippen LogP contribution in [-0.2, 0) is 11.2 Å². The van der Waals surface area contributed by atoms with Gasteiger partial charge in [0.2, 0.25) is 0 Å². The molecule has 21 heavy (non-hydrogen) atoms. The summed E-state index contributed by atoms with van der Waals surface area (Å²) in [5.74, 6) is 0.855. The lowest BCUT2D eigenvalue weighted by atomic mass is 10.1. The fourth-order valence-corrected chi connectivity index (χ4v) is 2.66. The fraction of sp³-hybridized carbons (Fsp3) is 0.625. The largest absolute Gasteiger partial charge is 0.380 e. The molecular formula is C16H25N3O2. The highest BCUT2D eigenvalue weighted by Gasteiger charge is 2.24. The first-order valence-corrected chi connectivity index (χ1v) is 7.74. The second-order valence-electron chi connectivity index (χ2n) is 5.37. The maximum absolute atomic E-state index is 12.7. The van der Waals surface area contributed by atoms with Crippen LogP contribution in [0, 0.1) is 0 Å². The Balaban J connectivity index is 2.19. The van der Waals surface area contributed by atoms with Crippen LogP contribution in [0.2, 0.25) is 0 Å². The van der Waals surface area contributed by atoms with Gasteiger partial charge in [-0.25, -0.2) is 4.98 Å². The molecule has 0 aliphatic carbocycles. The lowest BCUT2D eigenvalue weighted by molar-refractivity contribution is 0.0269. The van der Waals surface area contributed by atoms with Crippen molar-refractivity contribution in [3.63, 3.8) is 0 Å². The van der Waals surface area contributed by atoms with Gasteiger partial charge in [-0.05, 0) is 38.3 Å². The summed E-state index contributed by atoms with van der Waals surface area (Å²) in [5, 5.41) is 3.19. The van der Waals surface area contributed by atoms with Crippen LogP contribution >= 0.6 is 0 Å². The molecule has 1 aliphatic heterocycles. The molecule has 5 heteroatoms. The zero-order valence-corrected chi connectivity index (χ0v) is 13.2. The van der Waals surface area contributed by atoms with E-state index in [0.29, 0.717) is 6.54 Å². The molecule has 1 atom stereocenters. The maximum atomic E-state index is 12.7. The van der Waals surface area contributed by atoms with Gasteiger partial charge in [-0.1, -0.05) is 6.92 Å². The molecule has 2 heterocycles. The fourth-order valence-electron chi connectivity index (χ4n) is 2.66. The van der Waals surface area contributed by atoms with Crippen molar-refractivity contribution in [2.75, 3.05) is 32.1 Å². The zero-order valence-electron chi connectivity index (χ0n) is 13.2. The van der Waals surface area contributed by atoms with Crippen molar-refractivity contribution in [3.05, 3.63) is 23.4 Å². The Morgan fingerprint density at radius 2 is 2.29 bits per heavy atom. The number of nitrogens with zero attached hydrogens (tertiary/aromatic N) is 2. The minimum Gasteiger partial charge on any atom is -0.380 e. The number of carbonyl (C=O) groups excluding carboxylic acids is 1. The predicted molar refractivity (Wildman–Crippen MR) is 83.7 cm³/mol. The Bertz CT molecular complexity index is 490. The van der Waals surface area contributed by atoms with Crippen LogP contribution in [0.4, 0.5) is 5.82 Å². The third kappa shape index (κ3) is 3.94. The standard InChI is InChI=1S/C16H25N3O2/c1-4-13-9-12(10-15(18-13)17-5-2)16(20)19-8-6-7-14(11-19)21-3/h9-10,14H,4-8,11H2,1-3H3,(H,17,18). The molecule has 1 aliphatic rings. The number of anilines is 1. The number of ether oxygens (including phenoxy) is 1. The van der Waals surface area contributed by atoms with Gasteiger partial charge in [0.15, 0.2) is 0 Å². The molecule has 0 radical (unpaired) electrons. The number of amides is 1. The SMILES string of the molecule is CCNc1cc(C(=O)N2CCCC(OC)C2)cc(CC)n1. The van der Waals surface area contributed by atoms with Crippen LogP contribution in [0.1, 0.15) is 42.7 Å². The normalized spacial score (nSPS) is 18.6. The van der Waals surface area contributed by atoms with E-state index in [0.717, 1.165) is 49.4 Å². The number of carbonyl (C=O) groups is 1. The minimum absolute atomic E-state index is 0.0769.